The number of hydrogen-bond acceptors (Lipinski definition) is 6. The second-order valence-electron chi connectivity index (χ2n) is 5.04. The second-order valence-corrected chi connectivity index (χ2v) is 5.45. The molecule has 0 aliphatic heterocycles. The van der Waals surface area contributed by atoms with Gasteiger partial charge in [0.1, 0.15) is 5.69 Å². The van der Waals surface area contributed by atoms with E-state index in [4.69, 9.17) is 16.0 Å². The standard InChI is InChI=1S/C14H18ClN5O4/c1-3-10-19-7(2)12(24-10)14(23)17-5-8(21)4-16-13(22)11-9(15)6-18-20-11/h6,8,21H,3-5H2,1-2H3,(H,16,22)(H,17,23)(H,18,20). The molecule has 1 atom stereocenters. The van der Waals surface area contributed by atoms with Crippen molar-refractivity contribution in [2.24, 2.45) is 0 Å². The Balaban J connectivity index is 1.79. The van der Waals surface area contributed by atoms with Crippen LogP contribution < -0.4 is 10.6 Å². The van der Waals surface area contributed by atoms with Crippen LogP contribution in [-0.4, -0.2) is 51.3 Å². The zero-order valence-electron chi connectivity index (χ0n) is 13.2. The zero-order valence-corrected chi connectivity index (χ0v) is 14.0. The largest absolute Gasteiger partial charge is 0.435 e. The Morgan fingerprint density at radius 1 is 1.38 bits per heavy atom. The molecule has 0 saturated heterocycles. The van der Waals surface area contributed by atoms with Crippen LogP contribution in [0, 0.1) is 6.92 Å². The average molecular weight is 356 g/mol. The Bertz CT molecular complexity index is 727. The number of amides is 2. The van der Waals surface area contributed by atoms with Gasteiger partial charge in [0, 0.05) is 19.5 Å². The number of halogens is 1. The number of hydrogen-bond donors (Lipinski definition) is 4. The van der Waals surface area contributed by atoms with E-state index in [1.807, 2.05) is 6.92 Å². The van der Waals surface area contributed by atoms with Crippen molar-refractivity contribution >= 4 is 23.4 Å². The number of aryl methyl sites for hydroxylation is 2. The Kier molecular flexibility index (Phi) is 5.93. The summed E-state index contributed by atoms with van der Waals surface area (Å²) in [6.07, 6.45) is 0.907. The van der Waals surface area contributed by atoms with Gasteiger partial charge in [-0.2, -0.15) is 5.10 Å². The number of aliphatic hydroxyl groups excluding tert-OH is 1. The fourth-order valence-corrected chi connectivity index (χ4v) is 2.08. The highest BCUT2D eigenvalue weighted by Gasteiger charge is 2.18. The van der Waals surface area contributed by atoms with Gasteiger partial charge in [-0.3, -0.25) is 14.7 Å². The molecule has 2 aromatic rings. The van der Waals surface area contributed by atoms with Crippen molar-refractivity contribution in [1.29, 1.82) is 0 Å². The first-order valence-corrected chi connectivity index (χ1v) is 7.69. The van der Waals surface area contributed by atoms with E-state index in [2.05, 4.69) is 25.8 Å². The third-order valence-corrected chi connectivity index (χ3v) is 3.45. The normalized spacial score (nSPS) is 12.0. The van der Waals surface area contributed by atoms with Crippen molar-refractivity contribution < 1.29 is 19.1 Å². The second kappa shape index (κ2) is 7.93. The molecule has 10 heteroatoms. The summed E-state index contributed by atoms with van der Waals surface area (Å²) in [5.74, 6) is -0.377. The fourth-order valence-electron chi connectivity index (χ4n) is 1.91. The van der Waals surface area contributed by atoms with Crippen molar-refractivity contribution in [2.45, 2.75) is 26.4 Å². The summed E-state index contributed by atoms with van der Waals surface area (Å²) in [6.45, 7) is 3.41. The van der Waals surface area contributed by atoms with Crippen LogP contribution in [0.2, 0.25) is 5.02 Å². The van der Waals surface area contributed by atoms with Crippen LogP contribution in [0.4, 0.5) is 0 Å². The third-order valence-electron chi connectivity index (χ3n) is 3.17. The lowest BCUT2D eigenvalue weighted by molar-refractivity contribution is 0.0865. The number of rotatable bonds is 7. The minimum Gasteiger partial charge on any atom is -0.435 e. The van der Waals surface area contributed by atoms with E-state index in [1.54, 1.807) is 6.92 Å². The van der Waals surface area contributed by atoms with Gasteiger partial charge in [0.2, 0.25) is 5.76 Å². The van der Waals surface area contributed by atoms with Crippen LogP contribution in [0.1, 0.15) is 39.6 Å². The monoisotopic (exact) mass is 355 g/mol. The predicted octanol–water partition coefficient (Wildman–Crippen LogP) is 0.443. The third kappa shape index (κ3) is 4.33. The first kappa shape index (κ1) is 18.0. The summed E-state index contributed by atoms with van der Waals surface area (Å²) in [4.78, 5) is 27.9. The molecule has 0 aliphatic carbocycles. The Labute approximate surface area is 142 Å². The molecule has 1 unspecified atom stereocenters. The minimum absolute atomic E-state index is 0.0581. The van der Waals surface area contributed by atoms with E-state index in [9.17, 15) is 14.7 Å². The van der Waals surface area contributed by atoms with E-state index in [1.165, 1.54) is 6.20 Å². The van der Waals surface area contributed by atoms with Crippen LogP contribution in [0.15, 0.2) is 10.6 Å². The molecule has 2 aromatic heterocycles. The van der Waals surface area contributed by atoms with Gasteiger partial charge in [-0.25, -0.2) is 4.98 Å². The molecule has 24 heavy (non-hydrogen) atoms. The lowest BCUT2D eigenvalue weighted by Crippen LogP contribution is -2.40. The van der Waals surface area contributed by atoms with Crippen molar-refractivity contribution in [3.8, 4) is 0 Å². The quantitative estimate of drug-likeness (QED) is 0.569. The van der Waals surface area contributed by atoms with E-state index >= 15 is 0 Å². The lowest BCUT2D eigenvalue weighted by atomic mass is 10.3. The van der Waals surface area contributed by atoms with Gasteiger partial charge < -0.3 is 20.2 Å². The van der Waals surface area contributed by atoms with Gasteiger partial charge in [-0.05, 0) is 6.92 Å². The van der Waals surface area contributed by atoms with Crippen molar-refractivity contribution in [3.05, 3.63) is 34.3 Å². The van der Waals surface area contributed by atoms with Gasteiger partial charge >= 0.3 is 0 Å². The van der Waals surface area contributed by atoms with Crippen LogP contribution in [0.25, 0.3) is 0 Å². The number of aromatic amines is 1. The fraction of sp³-hybridized carbons (Fsp3) is 0.429. The summed E-state index contributed by atoms with van der Waals surface area (Å²) in [7, 11) is 0. The summed E-state index contributed by atoms with van der Waals surface area (Å²) in [6, 6.07) is 0. The number of nitrogens with zero attached hydrogens (tertiary/aromatic N) is 2. The molecule has 0 aromatic carbocycles. The molecule has 2 heterocycles. The Hall–Kier alpha value is -2.39. The minimum atomic E-state index is -0.978. The number of nitrogens with one attached hydrogen (secondary N) is 3. The van der Waals surface area contributed by atoms with E-state index < -0.39 is 17.9 Å². The molecule has 0 saturated carbocycles. The molecule has 130 valence electrons. The van der Waals surface area contributed by atoms with Gasteiger partial charge in [-0.15, -0.1) is 0 Å². The average Bonchev–Trinajstić information content (AvgIpc) is 3.15. The first-order valence-electron chi connectivity index (χ1n) is 7.32. The summed E-state index contributed by atoms with van der Waals surface area (Å²) < 4.78 is 5.32. The maximum Gasteiger partial charge on any atom is 0.289 e. The van der Waals surface area contributed by atoms with E-state index in [0.717, 1.165) is 0 Å². The molecule has 2 amide bonds. The SMILES string of the molecule is CCc1nc(C)c(C(=O)NCC(O)CNC(=O)c2[nH]ncc2Cl)o1. The maximum atomic E-state index is 12.0. The number of carbonyl (C=O) groups is 2. The topological polar surface area (TPSA) is 133 Å². The van der Waals surface area contributed by atoms with Gasteiger partial charge in [0.15, 0.2) is 5.89 Å². The van der Waals surface area contributed by atoms with Crippen molar-refractivity contribution in [3.63, 3.8) is 0 Å². The number of carbonyl (C=O) groups excluding carboxylic acids is 2. The molecule has 0 radical (unpaired) electrons. The molecular formula is C14H18ClN5O4. The lowest BCUT2D eigenvalue weighted by Gasteiger charge is -2.12. The highest BCUT2D eigenvalue weighted by Crippen LogP contribution is 2.11. The Morgan fingerprint density at radius 2 is 2.04 bits per heavy atom. The van der Waals surface area contributed by atoms with Crippen molar-refractivity contribution in [1.82, 2.24) is 25.8 Å². The molecule has 0 spiro atoms. The van der Waals surface area contributed by atoms with Crippen LogP contribution in [-0.2, 0) is 6.42 Å². The van der Waals surface area contributed by atoms with E-state index in [-0.39, 0.29) is 29.6 Å². The molecule has 9 nitrogen and oxygen atoms in total. The maximum absolute atomic E-state index is 12.0. The van der Waals surface area contributed by atoms with Crippen molar-refractivity contribution in [2.75, 3.05) is 13.1 Å². The highest BCUT2D eigenvalue weighted by molar-refractivity contribution is 6.33. The number of oxazole rings is 1. The molecule has 4 N–H and O–H groups in total. The highest BCUT2D eigenvalue weighted by atomic mass is 35.5. The summed E-state index contributed by atoms with van der Waals surface area (Å²) >= 11 is 5.76. The smallest absolute Gasteiger partial charge is 0.289 e. The van der Waals surface area contributed by atoms with Crippen LogP contribution >= 0.6 is 11.6 Å². The molecular weight excluding hydrogens is 338 g/mol. The predicted molar refractivity (Wildman–Crippen MR) is 84.9 cm³/mol. The molecule has 0 fully saturated rings. The van der Waals surface area contributed by atoms with E-state index in [0.29, 0.717) is 18.0 Å². The van der Waals surface area contributed by atoms with Crippen LogP contribution in [0.5, 0.6) is 0 Å². The van der Waals surface area contributed by atoms with Crippen LogP contribution in [0.3, 0.4) is 0 Å². The zero-order chi connectivity index (χ0) is 17.7. The summed E-state index contributed by atoms with van der Waals surface area (Å²) in [5, 5.41) is 21.1. The van der Waals surface area contributed by atoms with Gasteiger partial charge in [0.25, 0.3) is 11.8 Å². The number of H-pyrrole nitrogens is 1. The Morgan fingerprint density at radius 3 is 2.58 bits per heavy atom. The summed E-state index contributed by atoms with van der Waals surface area (Å²) in [5.41, 5.74) is 0.596. The first-order chi connectivity index (χ1) is 11.4. The number of aliphatic hydroxyl groups is 1. The van der Waals surface area contributed by atoms with Gasteiger partial charge in [-0.1, -0.05) is 18.5 Å². The molecule has 0 bridgehead atoms. The number of aromatic nitrogens is 3. The molecule has 2 rings (SSSR count). The molecule has 0 aliphatic rings. The van der Waals surface area contributed by atoms with Gasteiger partial charge in [0.05, 0.1) is 23.0 Å².